The second kappa shape index (κ2) is 12.5. The van der Waals surface area contributed by atoms with Gasteiger partial charge in [0.2, 0.25) is 15.9 Å². The summed E-state index contributed by atoms with van der Waals surface area (Å²) in [5, 5.41) is 1.03. The van der Waals surface area contributed by atoms with Gasteiger partial charge in [0, 0.05) is 37.7 Å². The largest absolute Gasteiger partial charge is 0.494 e. The molecule has 39 heavy (non-hydrogen) atoms. The molecule has 2 fully saturated rings. The molecule has 3 heterocycles. The van der Waals surface area contributed by atoms with E-state index in [1.54, 1.807) is 17.0 Å². The number of anilines is 1. The Hall–Kier alpha value is -2.28. The van der Waals surface area contributed by atoms with Crippen molar-refractivity contribution in [1.82, 2.24) is 14.2 Å². The molecule has 0 N–H and O–H groups in total. The van der Waals surface area contributed by atoms with Gasteiger partial charge in [0.05, 0.1) is 34.9 Å². The number of carbonyl (C=O) groups is 1. The van der Waals surface area contributed by atoms with E-state index in [4.69, 9.17) is 26.1 Å². The standard InChI is InChI=1S/C27H33ClN4O5S2/c1-2-37-21-8-11-23-25(19-21)38-27(29-23)31(13-4-12-30-15-17-36-18-16-30)26(33)24-5-3-14-32(24)39(34,35)22-9-6-20(28)7-10-22/h6-11,19,24H,2-5,12-18H2,1H3. The summed E-state index contributed by atoms with van der Waals surface area (Å²) in [6.07, 6.45) is 1.82. The van der Waals surface area contributed by atoms with Gasteiger partial charge in [-0.2, -0.15) is 4.31 Å². The molecule has 0 spiro atoms. The molecule has 0 aliphatic carbocycles. The van der Waals surface area contributed by atoms with Crippen LogP contribution in [0.1, 0.15) is 26.2 Å². The zero-order valence-electron chi connectivity index (χ0n) is 21.9. The van der Waals surface area contributed by atoms with Crippen molar-refractivity contribution >= 4 is 54.2 Å². The summed E-state index contributed by atoms with van der Waals surface area (Å²) < 4.78 is 40.5. The Kier molecular flexibility index (Phi) is 9.05. The van der Waals surface area contributed by atoms with E-state index < -0.39 is 16.1 Å². The smallest absolute Gasteiger partial charge is 0.247 e. The van der Waals surface area contributed by atoms with Crippen LogP contribution in [0, 0.1) is 0 Å². The number of aromatic nitrogens is 1. The first-order valence-electron chi connectivity index (χ1n) is 13.3. The van der Waals surface area contributed by atoms with E-state index in [0.717, 1.165) is 42.0 Å². The van der Waals surface area contributed by atoms with Gasteiger partial charge in [-0.15, -0.1) is 0 Å². The molecule has 9 nitrogen and oxygen atoms in total. The highest BCUT2D eigenvalue weighted by Gasteiger charge is 2.42. The van der Waals surface area contributed by atoms with E-state index in [1.807, 2.05) is 25.1 Å². The van der Waals surface area contributed by atoms with Crippen molar-refractivity contribution in [2.45, 2.75) is 37.1 Å². The van der Waals surface area contributed by atoms with E-state index in [1.165, 1.54) is 27.8 Å². The molecule has 2 saturated heterocycles. The normalized spacial score (nSPS) is 19.0. The highest BCUT2D eigenvalue weighted by atomic mass is 35.5. The van der Waals surface area contributed by atoms with E-state index in [-0.39, 0.29) is 10.8 Å². The van der Waals surface area contributed by atoms with Crippen LogP contribution < -0.4 is 9.64 Å². The highest BCUT2D eigenvalue weighted by Crippen LogP contribution is 2.34. The summed E-state index contributed by atoms with van der Waals surface area (Å²) in [6, 6.07) is 11.0. The number of thiazole rings is 1. The summed E-state index contributed by atoms with van der Waals surface area (Å²) in [6.45, 7) is 7.20. The van der Waals surface area contributed by atoms with Gasteiger partial charge in [0.25, 0.3) is 0 Å². The monoisotopic (exact) mass is 592 g/mol. The zero-order chi connectivity index (χ0) is 27.4. The lowest BCUT2D eigenvalue weighted by atomic mass is 10.2. The number of benzene rings is 2. The molecule has 3 aromatic rings. The van der Waals surface area contributed by atoms with Crippen molar-refractivity contribution in [2.24, 2.45) is 0 Å². The van der Waals surface area contributed by atoms with Crippen LogP contribution in [-0.2, 0) is 19.6 Å². The first-order chi connectivity index (χ1) is 18.9. The van der Waals surface area contributed by atoms with Crippen molar-refractivity contribution in [3.05, 3.63) is 47.5 Å². The van der Waals surface area contributed by atoms with Crippen LogP contribution in [-0.4, -0.2) is 87.1 Å². The lowest BCUT2D eigenvalue weighted by Crippen LogP contribution is -2.48. The van der Waals surface area contributed by atoms with Crippen LogP contribution in [0.2, 0.25) is 5.02 Å². The van der Waals surface area contributed by atoms with E-state index in [9.17, 15) is 13.2 Å². The minimum Gasteiger partial charge on any atom is -0.494 e. The van der Waals surface area contributed by atoms with Crippen LogP contribution in [0.4, 0.5) is 5.13 Å². The molecule has 0 bridgehead atoms. The van der Waals surface area contributed by atoms with Crippen molar-refractivity contribution in [1.29, 1.82) is 0 Å². The number of carbonyl (C=O) groups excluding carboxylic acids is 1. The Morgan fingerprint density at radius 3 is 2.69 bits per heavy atom. The van der Waals surface area contributed by atoms with Gasteiger partial charge in [0.15, 0.2) is 5.13 Å². The first-order valence-corrected chi connectivity index (χ1v) is 15.9. The van der Waals surface area contributed by atoms with E-state index >= 15 is 0 Å². The van der Waals surface area contributed by atoms with Crippen molar-refractivity contribution < 1.29 is 22.7 Å². The molecule has 1 atom stereocenters. The van der Waals surface area contributed by atoms with Crippen LogP contribution in [0.25, 0.3) is 10.2 Å². The minimum atomic E-state index is -3.87. The fraction of sp³-hybridized carbons (Fsp3) is 0.481. The van der Waals surface area contributed by atoms with Gasteiger partial charge < -0.3 is 9.47 Å². The fourth-order valence-corrected chi connectivity index (χ4v) is 7.84. The van der Waals surface area contributed by atoms with Gasteiger partial charge in [-0.25, -0.2) is 13.4 Å². The van der Waals surface area contributed by atoms with Gasteiger partial charge >= 0.3 is 0 Å². The van der Waals surface area contributed by atoms with Gasteiger partial charge in [0.1, 0.15) is 11.8 Å². The maximum atomic E-state index is 14.1. The minimum absolute atomic E-state index is 0.133. The lowest BCUT2D eigenvalue weighted by molar-refractivity contribution is -0.121. The Bertz CT molecular complexity index is 1390. The molecule has 2 aliphatic heterocycles. The first kappa shape index (κ1) is 28.3. The number of amides is 1. The van der Waals surface area contributed by atoms with Crippen LogP contribution >= 0.6 is 22.9 Å². The van der Waals surface area contributed by atoms with Gasteiger partial charge in [-0.3, -0.25) is 14.6 Å². The molecule has 1 amide bonds. The predicted molar refractivity (Wildman–Crippen MR) is 153 cm³/mol. The maximum Gasteiger partial charge on any atom is 0.247 e. The number of morpholine rings is 1. The molecule has 2 aromatic carbocycles. The highest BCUT2D eigenvalue weighted by molar-refractivity contribution is 7.89. The molecule has 12 heteroatoms. The molecule has 1 aromatic heterocycles. The maximum absolute atomic E-state index is 14.1. The number of hydrogen-bond acceptors (Lipinski definition) is 8. The van der Waals surface area contributed by atoms with Crippen molar-refractivity contribution in [3.8, 4) is 5.75 Å². The molecular formula is C27H33ClN4O5S2. The van der Waals surface area contributed by atoms with Gasteiger partial charge in [-0.05, 0) is 68.7 Å². The second-order valence-corrected chi connectivity index (χ2v) is 12.9. The number of sulfonamides is 1. The SMILES string of the molecule is CCOc1ccc2nc(N(CCCN3CCOCC3)C(=O)C3CCCN3S(=O)(=O)c3ccc(Cl)cc3)sc2c1. The third-order valence-corrected chi connectivity index (χ3v) is 10.2. The second-order valence-electron chi connectivity index (χ2n) is 9.58. The number of nitrogens with zero attached hydrogens (tertiary/aromatic N) is 4. The lowest BCUT2D eigenvalue weighted by Gasteiger charge is -2.30. The summed E-state index contributed by atoms with van der Waals surface area (Å²) >= 11 is 7.41. The predicted octanol–water partition coefficient (Wildman–Crippen LogP) is 4.26. The van der Waals surface area contributed by atoms with Crippen LogP contribution in [0.15, 0.2) is 47.4 Å². The van der Waals surface area contributed by atoms with E-state index in [2.05, 4.69) is 4.90 Å². The van der Waals surface area contributed by atoms with Crippen molar-refractivity contribution in [2.75, 3.05) is 57.4 Å². The van der Waals surface area contributed by atoms with Crippen LogP contribution in [0.3, 0.4) is 0 Å². The Balaban J connectivity index is 1.41. The summed E-state index contributed by atoms with van der Waals surface area (Å²) in [7, 11) is -3.87. The third-order valence-electron chi connectivity index (χ3n) is 7.03. The molecule has 210 valence electrons. The van der Waals surface area contributed by atoms with Crippen molar-refractivity contribution in [3.63, 3.8) is 0 Å². The zero-order valence-corrected chi connectivity index (χ0v) is 24.3. The van der Waals surface area contributed by atoms with Gasteiger partial charge in [-0.1, -0.05) is 22.9 Å². The van der Waals surface area contributed by atoms with E-state index in [0.29, 0.717) is 55.9 Å². The van der Waals surface area contributed by atoms with Crippen LogP contribution in [0.5, 0.6) is 5.75 Å². The summed E-state index contributed by atoms with van der Waals surface area (Å²) in [4.78, 5) is 23.0. The average Bonchev–Trinajstić information content (AvgIpc) is 3.60. The molecule has 5 rings (SSSR count). The molecule has 0 radical (unpaired) electrons. The Morgan fingerprint density at radius 2 is 1.95 bits per heavy atom. The quantitative estimate of drug-likeness (QED) is 0.347. The topological polar surface area (TPSA) is 92.3 Å². The summed E-state index contributed by atoms with van der Waals surface area (Å²) in [5.74, 6) is 0.512. The number of fused-ring (bicyclic) bond motifs is 1. The number of hydrogen-bond donors (Lipinski definition) is 0. The molecule has 0 saturated carbocycles. The third kappa shape index (κ3) is 6.39. The average molecular weight is 593 g/mol. The molecule has 1 unspecified atom stereocenters. The number of rotatable bonds is 10. The Labute approximate surface area is 238 Å². The fourth-order valence-electron chi connectivity index (χ4n) is 5.04. The number of halogens is 1. The molecular weight excluding hydrogens is 560 g/mol. The summed E-state index contributed by atoms with van der Waals surface area (Å²) in [5.41, 5.74) is 0.779. The Morgan fingerprint density at radius 1 is 1.18 bits per heavy atom. The number of ether oxygens (including phenoxy) is 2. The molecule has 2 aliphatic rings.